The molecule has 0 aliphatic heterocycles. The highest BCUT2D eigenvalue weighted by atomic mass is 35.5. The van der Waals surface area contributed by atoms with E-state index >= 15 is 0 Å². The molecule has 0 saturated carbocycles. The number of benzene rings is 1. The zero-order valence-electron chi connectivity index (χ0n) is 11.1. The number of carboxylic acids is 1. The van der Waals surface area contributed by atoms with E-state index in [0.717, 1.165) is 6.07 Å². The van der Waals surface area contributed by atoms with Gasteiger partial charge in [-0.05, 0) is 24.1 Å². The highest BCUT2D eigenvalue weighted by Gasteiger charge is 2.25. The molecule has 1 rings (SSSR count). The fourth-order valence-electron chi connectivity index (χ4n) is 1.57. The highest BCUT2D eigenvalue weighted by Crippen LogP contribution is 2.18. The van der Waals surface area contributed by atoms with Gasteiger partial charge in [-0.25, -0.2) is 14.0 Å². The van der Waals surface area contributed by atoms with Gasteiger partial charge in [-0.2, -0.15) is 0 Å². The first-order valence-electron chi connectivity index (χ1n) is 6.10. The first-order chi connectivity index (χ1) is 9.35. The summed E-state index contributed by atoms with van der Waals surface area (Å²) in [5.41, 5.74) is -0.0693. The molecule has 0 aliphatic carbocycles. The van der Waals surface area contributed by atoms with Crippen LogP contribution >= 0.6 is 11.6 Å². The molecule has 0 radical (unpaired) electrons. The number of anilines is 1. The van der Waals surface area contributed by atoms with Gasteiger partial charge in [0, 0.05) is 5.02 Å². The Balaban J connectivity index is 2.73. The van der Waals surface area contributed by atoms with Crippen molar-refractivity contribution in [2.75, 3.05) is 5.32 Å². The Hall–Kier alpha value is -1.82. The summed E-state index contributed by atoms with van der Waals surface area (Å²) >= 11 is 5.59. The van der Waals surface area contributed by atoms with Crippen LogP contribution in [0.25, 0.3) is 0 Å². The predicted octanol–water partition coefficient (Wildman–Crippen LogP) is 3.10. The predicted molar refractivity (Wildman–Crippen MR) is 74.4 cm³/mol. The Morgan fingerprint density at radius 1 is 1.45 bits per heavy atom. The maximum absolute atomic E-state index is 13.5. The number of nitrogens with one attached hydrogen (secondary N) is 2. The Morgan fingerprint density at radius 3 is 2.60 bits per heavy atom. The number of hydrogen-bond acceptors (Lipinski definition) is 2. The molecule has 2 amide bonds. The Labute approximate surface area is 121 Å². The molecule has 0 heterocycles. The minimum atomic E-state index is -1.13. The average Bonchev–Trinajstić information content (AvgIpc) is 2.38. The van der Waals surface area contributed by atoms with Crippen LogP contribution in [0.2, 0.25) is 5.02 Å². The van der Waals surface area contributed by atoms with Crippen molar-refractivity contribution in [1.82, 2.24) is 5.32 Å². The molecule has 0 aliphatic rings. The van der Waals surface area contributed by atoms with Crippen LogP contribution in [0.1, 0.15) is 20.3 Å². The molecule has 0 bridgehead atoms. The smallest absolute Gasteiger partial charge is 0.326 e. The molecule has 3 N–H and O–H groups in total. The number of halogens is 2. The first-order valence-corrected chi connectivity index (χ1v) is 6.48. The number of carbonyl (C=O) groups is 2. The van der Waals surface area contributed by atoms with E-state index < -0.39 is 23.9 Å². The lowest BCUT2D eigenvalue weighted by Gasteiger charge is -2.20. The van der Waals surface area contributed by atoms with E-state index in [1.54, 1.807) is 6.92 Å². The summed E-state index contributed by atoms with van der Waals surface area (Å²) in [7, 11) is 0. The minimum Gasteiger partial charge on any atom is -0.480 e. The second-order valence-corrected chi connectivity index (χ2v) is 4.86. The van der Waals surface area contributed by atoms with Crippen molar-refractivity contribution in [2.45, 2.75) is 26.3 Å². The summed E-state index contributed by atoms with van der Waals surface area (Å²) in [4.78, 5) is 22.8. The summed E-state index contributed by atoms with van der Waals surface area (Å²) in [5, 5.41) is 13.8. The summed E-state index contributed by atoms with van der Waals surface area (Å²) in [6.07, 6.45) is 0.590. The van der Waals surface area contributed by atoms with Crippen LogP contribution < -0.4 is 10.6 Å². The van der Waals surface area contributed by atoms with Crippen molar-refractivity contribution >= 4 is 29.3 Å². The lowest BCUT2D eigenvalue weighted by molar-refractivity contribution is -0.140. The molecule has 2 unspecified atom stereocenters. The molecule has 0 spiro atoms. The number of hydrogen-bond donors (Lipinski definition) is 3. The fraction of sp³-hybridized carbons (Fsp3) is 0.385. The van der Waals surface area contributed by atoms with E-state index in [1.807, 2.05) is 6.92 Å². The molecule has 7 heteroatoms. The van der Waals surface area contributed by atoms with Crippen molar-refractivity contribution in [3.63, 3.8) is 0 Å². The largest absolute Gasteiger partial charge is 0.480 e. The van der Waals surface area contributed by atoms with E-state index in [2.05, 4.69) is 10.6 Å². The van der Waals surface area contributed by atoms with Gasteiger partial charge in [-0.3, -0.25) is 0 Å². The molecule has 5 nitrogen and oxygen atoms in total. The van der Waals surface area contributed by atoms with Crippen LogP contribution in [-0.2, 0) is 4.79 Å². The maximum Gasteiger partial charge on any atom is 0.326 e. The van der Waals surface area contributed by atoms with E-state index in [-0.39, 0.29) is 16.6 Å². The number of urea groups is 1. The second-order valence-electron chi connectivity index (χ2n) is 4.42. The number of rotatable bonds is 5. The van der Waals surface area contributed by atoms with Gasteiger partial charge in [-0.1, -0.05) is 31.9 Å². The minimum absolute atomic E-state index is 0.0693. The quantitative estimate of drug-likeness (QED) is 0.782. The van der Waals surface area contributed by atoms with Crippen LogP contribution in [0.3, 0.4) is 0 Å². The SMILES string of the molecule is CCC(C)C(NC(=O)Nc1ccc(Cl)cc1F)C(=O)O. The van der Waals surface area contributed by atoms with Gasteiger partial charge in [0.1, 0.15) is 11.9 Å². The molecule has 2 atom stereocenters. The van der Waals surface area contributed by atoms with Gasteiger partial charge in [0.2, 0.25) is 0 Å². The topological polar surface area (TPSA) is 78.4 Å². The third kappa shape index (κ3) is 4.38. The average molecular weight is 303 g/mol. The molecule has 1 aromatic rings. The van der Waals surface area contributed by atoms with Crippen molar-refractivity contribution in [1.29, 1.82) is 0 Å². The summed E-state index contributed by atoms with van der Waals surface area (Å²) < 4.78 is 13.5. The standard InChI is InChI=1S/C13H16ClFN2O3/c1-3-7(2)11(12(18)19)17-13(20)16-10-5-4-8(14)6-9(10)15/h4-7,11H,3H2,1-2H3,(H,18,19)(H2,16,17,20). The lowest BCUT2D eigenvalue weighted by atomic mass is 9.99. The Morgan fingerprint density at radius 2 is 2.10 bits per heavy atom. The van der Waals surface area contributed by atoms with E-state index in [9.17, 15) is 14.0 Å². The van der Waals surface area contributed by atoms with Crippen LogP contribution in [0, 0.1) is 11.7 Å². The maximum atomic E-state index is 13.5. The third-order valence-corrected chi connectivity index (χ3v) is 3.18. The monoisotopic (exact) mass is 302 g/mol. The zero-order valence-corrected chi connectivity index (χ0v) is 11.9. The lowest BCUT2D eigenvalue weighted by Crippen LogP contribution is -2.46. The van der Waals surface area contributed by atoms with Crippen LogP contribution in [0.15, 0.2) is 18.2 Å². The highest BCUT2D eigenvalue weighted by molar-refractivity contribution is 6.30. The van der Waals surface area contributed by atoms with Gasteiger partial charge in [0.25, 0.3) is 0 Å². The van der Waals surface area contributed by atoms with Crippen LogP contribution in [-0.4, -0.2) is 23.1 Å². The van der Waals surface area contributed by atoms with Crippen LogP contribution in [0.4, 0.5) is 14.9 Å². The number of carbonyl (C=O) groups excluding carboxylic acids is 1. The van der Waals surface area contributed by atoms with Crippen molar-refractivity contribution in [3.8, 4) is 0 Å². The van der Waals surface area contributed by atoms with Crippen molar-refractivity contribution in [3.05, 3.63) is 29.0 Å². The summed E-state index contributed by atoms with van der Waals surface area (Å²) in [6, 6.07) is 1.97. The van der Waals surface area contributed by atoms with Crippen molar-refractivity contribution < 1.29 is 19.1 Å². The van der Waals surface area contributed by atoms with Crippen LogP contribution in [0.5, 0.6) is 0 Å². The summed E-state index contributed by atoms with van der Waals surface area (Å²) in [5.74, 6) is -2.07. The van der Waals surface area contributed by atoms with Gasteiger partial charge < -0.3 is 15.7 Å². The second kappa shape index (κ2) is 7.09. The van der Waals surface area contributed by atoms with E-state index in [4.69, 9.17) is 16.7 Å². The normalized spacial score (nSPS) is 13.4. The van der Waals surface area contributed by atoms with Gasteiger partial charge in [-0.15, -0.1) is 0 Å². The molecule has 0 fully saturated rings. The fourth-order valence-corrected chi connectivity index (χ4v) is 1.73. The molecular weight excluding hydrogens is 287 g/mol. The van der Waals surface area contributed by atoms with E-state index in [1.165, 1.54) is 12.1 Å². The molecule has 110 valence electrons. The molecule has 0 aromatic heterocycles. The number of amides is 2. The Kier molecular flexibility index (Phi) is 5.76. The number of carboxylic acid groups (broad SMARTS) is 1. The van der Waals surface area contributed by atoms with Gasteiger partial charge in [0.15, 0.2) is 0 Å². The third-order valence-electron chi connectivity index (χ3n) is 2.94. The van der Waals surface area contributed by atoms with Gasteiger partial charge in [0.05, 0.1) is 5.69 Å². The summed E-state index contributed by atoms with van der Waals surface area (Å²) in [6.45, 7) is 3.53. The van der Waals surface area contributed by atoms with Gasteiger partial charge >= 0.3 is 12.0 Å². The van der Waals surface area contributed by atoms with Crippen molar-refractivity contribution in [2.24, 2.45) is 5.92 Å². The molecule has 1 aromatic carbocycles. The van der Waals surface area contributed by atoms with E-state index in [0.29, 0.717) is 6.42 Å². The molecule has 0 saturated heterocycles. The first kappa shape index (κ1) is 16.2. The molecule has 20 heavy (non-hydrogen) atoms. The zero-order chi connectivity index (χ0) is 15.3. The number of aliphatic carboxylic acids is 1. The Bertz CT molecular complexity index is 510. The molecular formula is C13H16ClFN2O3.